The van der Waals surface area contributed by atoms with Crippen molar-refractivity contribution >= 4 is 12.1 Å². The van der Waals surface area contributed by atoms with Gasteiger partial charge in [-0.3, -0.25) is 4.79 Å². The topological polar surface area (TPSA) is 78.6 Å². The van der Waals surface area contributed by atoms with Crippen LogP contribution in [-0.2, 0) is 20.9 Å². The van der Waals surface area contributed by atoms with Crippen molar-refractivity contribution in [3.05, 3.63) is 35.9 Å². The molecule has 2 N–H and O–H groups in total. The summed E-state index contributed by atoms with van der Waals surface area (Å²) >= 11 is 0. The third-order valence-corrected chi connectivity index (χ3v) is 2.48. The molecule has 0 aromatic heterocycles. The van der Waals surface area contributed by atoms with Crippen LogP contribution in [0, 0.1) is 0 Å². The van der Waals surface area contributed by atoms with Gasteiger partial charge in [0, 0.05) is 6.42 Å². The van der Waals surface area contributed by atoms with Crippen molar-refractivity contribution in [3.8, 4) is 0 Å². The molecule has 1 aromatic carbocycles. The molecule has 0 saturated heterocycles. The first-order valence-corrected chi connectivity index (χ1v) is 6.34. The van der Waals surface area contributed by atoms with E-state index in [9.17, 15) is 9.59 Å². The molecule has 0 aliphatic carbocycles. The summed E-state index contributed by atoms with van der Waals surface area (Å²) in [6.45, 7) is 0.703. The Hall–Kier alpha value is -1.88. The van der Waals surface area contributed by atoms with Gasteiger partial charge >= 0.3 is 12.1 Å². The van der Waals surface area contributed by atoms with E-state index in [0.717, 1.165) is 18.4 Å². The van der Waals surface area contributed by atoms with Crippen molar-refractivity contribution in [1.82, 2.24) is 0 Å². The van der Waals surface area contributed by atoms with Gasteiger partial charge in [0.15, 0.2) is 0 Å². The van der Waals surface area contributed by atoms with E-state index in [1.807, 2.05) is 30.3 Å². The predicted octanol–water partition coefficient (Wildman–Crippen LogP) is 2.39. The molecule has 0 aliphatic heterocycles. The summed E-state index contributed by atoms with van der Waals surface area (Å²) in [4.78, 5) is 22.5. The number of carbonyl (C=O) groups excluding carboxylic acids is 2. The molecule has 0 heterocycles. The molecule has 0 spiro atoms. The average Bonchev–Trinajstić information content (AvgIpc) is 2.42. The van der Waals surface area contributed by atoms with E-state index in [0.29, 0.717) is 13.0 Å². The first-order chi connectivity index (χ1) is 9.22. The van der Waals surface area contributed by atoms with Gasteiger partial charge < -0.3 is 15.2 Å². The van der Waals surface area contributed by atoms with Crippen LogP contribution in [0.15, 0.2) is 30.3 Å². The number of carbonyl (C=O) groups is 2. The van der Waals surface area contributed by atoms with Gasteiger partial charge in [-0.15, -0.1) is 0 Å². The molecule has 0 unspecified atom stereocenters. The van der Waals surface area contributed by atoms with Gasteiger partial charge in [-0.25, -0.2) is 4.79 Å². The number of hydrogen-bond acceptors (Lipinski definition) is 5. The number of ether oxygens (including phenoxy) is 2. The molecule has 0 atom stereocenters. The van der Waals surface area contributed by atoms with E-state index < -0.39 is 12.1 Å². The van der Waals surface area contributed by atoms with Crippen molar-refractivity contribution in [2.24, 2.45) is 5.73 Å². The van der Waals surface area contributed by atoms with Gasteiger partial charge in [0.05, 0.1) is 0 Å². The highest BCUT2D eigenvalue weighted by Gasteiger charge is 2.11. The summed E-state index contributed by atoms with van der Waals surface area (Å²) in [5.74, 6) is -0.560. The maximum atomic E-state index is 11.3. The lowest BCUT2D eigenvalue weighted by molar-refractivity contribution is -0.140. The molecule has 0 aliphatic rings. The quantitative estimate of drug-likeness (QED) is 0.465. The fourth-order valence-corrected chi connectivity index (χ4v) is 1.48. The summed E-state index contributed by atoms with van der Waals surface area (Å²) in [5, 5.41) is 0. The number of hydrogen-bond donors (Lipinski definition) is 1. The Morgan fingerprint density at radius 1 is 1.05 bits per heavy atom. The van der Waals surface area contributed by atoms with Crippen LogP contribution >= 0.6 is 0 Å². The monoisotopic (exact) mass is 265 g/mol. The zero-order valence-electron chi connectivity index (χ0n) is 10.8. The van der Waals surface area contributed by atoms with Crippen molar-refractivity contribution in [2.75, 3.05) is 6.54 Å². The lowest BCUT2D eigenvalue weighted by Gasteiger charge is -2.05. The maximum Gasteiger partial charge on any atom is 0.516 e. The minimum absolute atomic E-state index is 0.0973. The lowest BCUT2D eigenvalue weighted by atomic mass is 10.2. The van der Waals surface area contributed by atoms with Gasteiger partial charge in [-0.2, -0.15) is 0 Å². The van der Waals surface area contributed by atoms with Crippen LogP contribution in [0.5, 0.6) is 0 Å². The van der Waals surface area contributed by atoms with Crippen molar-refractivity contribution in [1.29, 1.82) is 0 Å². The molecule has 0 bridgehead atoms. The Morgan fingerprint density at radius 2 is 1.79 bits per heavy atom. The highest BCUT2D eigenvalue weighted by Crippen LogP contribution is 2.04. The number of nitrogens with two attached hydrogens (primary N) is 1. The zero-order chi connectivity index (χ0) is 13.9. The maximum absolute atomic E-state index is 11.3. The summed E-state index contributed by atoms with van der Waals surface area (Å²) in [5.41, 5.74) is 6.17. The Labute approximate surface area is 112 Å². The van der Waals surface area contributed by atoms with E-state index >= 15 is 0 Å². The average molecular weight is 265 g/mol. The summed E-state index contributed by atoms with van der Waals surface area (Å²) in [6.07, 6.45) is 1.64. The van der Waals surface area contributed by atoms with Gasteiger partial charge in [0.1, 0.15) is 6.61 Å². The molecule has 1 aromatic rings. The van der Waals surface area contributed by atoms with E-state index in [1.165, 1.54) is 0 Å². The first kappa shape index (κ1) is 15.2. The Morgan fingerprint density at radius 3 is 2.47 bits per heavy atom. The second kappa shape index (κ2) is 9.10. The van der Waals surface area contributed by atoms with Crippen LogP contribution in [0.3, 0.4) is 0 Å². The Balaban J connectivity index is 2.15. The van der Waals surface area contributed by atoms with Crippen molar-refractivity contribution in [3.63, 3.8) is 0 Å². The van der Waals surface area contributed by atoms with E-state index in [2.05, 4.69) is 4.74 Å². The second-order valence-electron chi connectivity index (χ2n) is 4.10. The van der Waals surface area contributed by atoms with E-state index in [1.54, 1.807) is 0 Å². The summed E-state index contributed by atoms with van der Waals surface area (Å²) in [7, 11) is 0. The lowest BCUT2D eigenvalue weighted by Crippen LogP contribution is -2.13. The molecule has 5 heteroatoms. The van der Waals surface area contributed by atoms with Gasteiger partial charge in [-0.1, -0.05) is 36.8 Å². The van der Waals surface area contributed by atoms with Crippen LogP contribution in [-0.4, -0.2) is 18.7 Å². The molecular formula is C14H19NO4. The Kier molecular flexibility index (Phi) is 7.27. The molecule has 0 radical (unpaired) electrons. The zero-order valence-corrected chi connectivity index (χ0v) is 10.8. The van der Waals surface area contributed by atoms with Crippen LogP contribution in [0.25, 0.3) is 0 Å². The van der Waals surface area contributed by atoms with Crippen LogP contribution in [0.2, 0.25) is 0 Å². The molecule has 0 fully saturated rings. The number of benzene rings is 1. The van der Waals surface area contributed by atoms with E-state index in [-0.39, 0.29) is 13.0 Å². The van der Waals surface area contributed by atoms with Crippen LogP contribution in [0.4, 0.5) is 4.79 Å². The normalized spacial score (nSPS) is 9.95. The molecule has 19 heavy (non-hydrogen) atoms. The number of rotatable bonds is 7. The first-order valence-electron chi connectivity index (χ1n) is 6.34. The molecular weight excluding hydrogens is 246 g/mol. The third kappa shape index (κ3) is 7.21. The summed E-state index contributed by atoms with van der Waals surface area (Å²) < 4.78 is 9.35. The van der Waals surface area contributed by atoms with E-state index in [4.69, 9.17) is 10.5 Å². The molecule has 5 nitrogen and oxygen atoms in total. The van der Waals surface area contributed by atoms with Crippen LogP contribution in [0.1, 0.15) is 31.2 Å². The SMILES string of the molecule is NCCCCCC(=O)OC(=O)OCc1ccccc1. The van der Waals surface area contributed by atoms with Crippen molar-refractivity contribution in [2.45, 2.75) is 32.3 Å². The highest BCUT2D eigenvalue weighted by atomic mass is 16.7. The number of esters is 1. The van der Waals surface area contributed by atoms with Gasteiger partial charge in [0.2, 0.25) is 0 Å². The standard InChI is InChI=1S/C14H19NO4/c15-10-6-2-5-9-13(16)19-14(17)18-11-12-7-3-1-4-8-12/h1,3-4,7-8H,2,5-6,9-11,15H2. The largest absolute Gasteiger partial charge is 0.516 e. The summed E-state index contributed by atoms with van der Waals surface area (Å²) in [6, 6.07) is 9.19. The second-order valence-corrected chi connectivity index (χ2v) is 4.10. The van der Waals surface area contributed by atoms with Crippen molar-refractivity contribution < 1.29 is 19.1 Å². The van der Waals surface area contributed by atoms with Gasteiger partial charge in [-0.05, 0) is 24.9 Å². The van der Waals surface area contributed by atoms with Gasteiger partial charge in [0.25, 0.3) is 0 Å². The minimum atomic E-state index is -0.951. The molecule has 0 saturated carbocycles. The fraction of sp³-hybridized carbons (Fsp3) is 0.429. The highest BCUT2D eigenvalue weighted by molar-refractivity contribution is 5.81. The predicted molar refractivity (Wildman–Crippen MR) is 70.2 cm³/mol. The minimum Gasteiger partial charge on any atom is -0.429 e. The third-order valence-electron chi connectivity index (χ3n) is 2.48. The Bertz CT molecular complexity index is 392. The van der Waals surface area contributed by atoms with Crippen LogP contribution < -0.4 is 5.73 Å². The molecule has 0 amide bonds. The smallest absolute Gasteiger partial charge is 0.429 e. The molecule has 1 rings (SSSR count). The molecule has 104 valence electrons. The number of unbranched alkanes of at least 4 members (excludes halogenated alkanes) is 2. The fourth-order valence-electron chi connectivity index (χ4n) is 1.48.